The van der Waals surface area contributed by atoms with E-state index in [1.165, 1.54) is 6.07 Å². The molecule has 1 unspecified atom stereocenters. The van der Waals surface area contributed by atoms with Gasteiger partial charge in [0.1, 0.15) is 11.6 Å². The van der Waals surface area contributed by atoms with Gasteiger partial charge < -0.3 is 5.32 Å². The molecule has 0 fully saturated rings. The summed E-state index contributed by atoms with van der Waals surface area (Å²) < 4.78 is 95.3. The molecule has 4 nitrogen and oxygen atoms in total. The number of alkyl halides is 3. The van der Waals surface area contributed by atoms with Gasteiger partial charge in [0.25, 0.3) is 10.0 Å². The molecular formula is C21H17F5N2O2S. The molecule has 164 valence electrons. The second kappa shape index (κ2) is 7.45. The van der Waals surface area contributed by atoms with E-state index < -0.39 is 38.3 Å². The second-order valence-corrected chi connectivity index (χ2v) is 9.02. The van der Waals surface area contributed by atoms with Crippen molar-refractivity contribution in [3.05, 3.63) is 77.0 Å². The predicted octanol–water partition coefficient (Wildman–Crippen LogP) is 4.90. The smallest absolute Gasteiger partial charge is 0.313 e. The molecule has 1 atom stereocenters. The van der Waals surface area contributed by atoms with Gasteiger partial charge in [-0.05, 0) is 61.9 Å². The summed E-state index contributed by atoms with van der Waals surface area (Å²) in [5.74, 6) is -1.81. The van der Waals surface area contributed by atoms with Crippen LogP contribution in [0.2, 0.25) is 0 Å². The zero-order chi connectivity index (χ0) is 22.6. The summed E-state index contributed by atoms with van der Waals surface area (Å²) in [6.45, 7) is 0. The van der Waals surface area contributed by atoms with Crippen molar-refractivity contribution in [1.29, 1.82) is 0 Å². The molecule has 0 bridgehead atoms. The van der Waals surface area contributed by atoms with Gasteiger partial charge in [0.05, 0.1) is 16.2 Å². The van der Waals surface area contributed by atoms with Gasteiger partial charge >= 0.3 is 6.18 Å². The molecule has 1 heterocycles. The zero-order valence-electron chi connectivity index (χ0n) is 16.2. The number of nitrogens with zero attached hydrogens (tertiary/aromatic N) is 1. The van der Waals surface area contributed by atoms with Gasteiger partial charge in [-0.1, -0.05) is 6.07 Å². The van der Waals surface area contributed by atoms with E-state index in [-0.39, 0.29) is 17.3 Å². The lowest BCUT2D eigenvalue weighted by Gasteiger charge is -2.15. The molecule has 1 N–H and O–H groups in total. The van der Waals surface area contributed by atoms with Crippen LogP contribution >= 0.6 is 0 Å². The molecule has 0 aliphatic heterocycles. The van der Waals surface area contributed by atoms with Crippen LogP contribution in [0.25, 0.3) is 11.3 Å². The van der Waals surface area contributed by atoms with Crippen molar-refractivity contribution in [1.82, 2.24) is 9.29 Å². The minimum atomic E-state index is -4.73. The average molecular weight is 456 g/mol. The third-order valence-corrected chi connectivity index (χ3v) is 7.14. The first-order chi connectivity index (χ1) is 14.5. The standard InChI is InChI=1S/C21H17F5N2O2S/c1-27-18-7-8-19-16(18)11-20(15-6-5-13(22)10-17(15)23)28(19)31(29,30)14-4-2-3-12(9-14)21(24,25)26/h2-6,9-11,18,27H,7-8H2,1H3. The summed E-state index contributed by atoms with van der Waals surface area (Å²) >= 11 is 0. The van der Waals surface area contributed by atoms with Gasteiger partial charge in [-0.15, -0.1) is 0 Å². The highest BCUT2D eigenvalue weighted by Crippen LogP contribution is 2.40. The van der Waals surface area contributed by atoms with E-state index in [9.17, 15) is 30.4 Å². The van der Waals surface area contributed by atoms with Crippen molar-refractivity contribution in [2.24, 2.45) is 0 Å². The van der Waals surface area contributed by atoms with Crippen molar-refractivity contribution in [2.75, 3.05) is 7.05 Å². The van der Waals surface area contributed by atoms with Gasteiger partial charge in [0.2, 0.25) is 0 Å². The third kappa shape index (κ3) is 3.63. The molecule has 0 spiro atoms. The summed E-state index contributed by atoms with van der Waals surface area (Å²) in [6.07, 6.45) is -3.83. The van der Waals surface area contributed by atoms with E-state index in [4.69, 9.17) is 0 Å². The molecule has 10 heteroatoms. The van der Waals surface area contributed by atoms with Crippen molar-refractivity contribution in [3.63, 3.8) is 0 Å². The first kappa shape index (κ1) is 21.5. The molecule has 0 amide bonds. The molecule has 3 aromatic rings. The fourth-order valence-electron chi connectivity index (χ4n) is 3.93. The molecule has 1 aliphatic rings. The summed E-state index contributed by atoms with van der Waals surface area (Å²) in [5.41, 5.74) is -0.381. The number of rotatable bonds is 4. The Morgan fingerprint density at radius 1 is 1.06 bits per heavy atom. The molecule has 0 radical (unpaired) electrons. The van der Waals surface area contributed by atoms with E-state index in [2.05, 4.69) is 5.32 Å². The zero-order valence-corrected chi connectivity index (χ0v) is 17.0. The minimum Gasteiger partial charge on any atom is -0.313 e. The van der Waals surface area contributed by atoms with Crippen LogP contribution in [0, 0.1) is 11.6 Å². The van der Waals surface area contributed by atoms with Crippen LogP contribution in [0.15, 0.2) is 53.4 Å². The number of fused-ring (bicyclic) bond motifs is 1. The van der Waals surface area contributed by atoms with Gasteiger partial charge in [0.15, 0.2) is 0 Å². The number of hydrogen-bond donors (Lipinski definition) is 1. The van der Waals surface area contributed by atoms with E-state index in [1.54, 1.807) is 7.05 Å². The van der Waals surface area contributed by atoms with Gasteiger partial charge in [-0.3, -0.25) is 0 Å². The fraction of sp³-hybridized carbons (Fsp3) is 0.238. The number of benzene rings is 2. The van der Waals surface area contributed by atoms with Gasteiger partial charge in [0, 0.05) is 23.4 Å². The maximum Gasteiger partial charge on any atom is 0.416 e. The Bertz CT molecular complexity index is 1270. The quantitative estimate of drug-likeness (QED) is 0.569. The summed E-state index contributed by atoms with van der Waals surface area (Å²) in [7, 11) is -2.82. The Morgan fingerprint density at radius 3 is 2.45 bits per heavy atom. The van der Waals surface area contributed by atoms with Crippen molar-refractivity contribution < 1.29 is 30.4 Å². The maximum absolute atomic E-state index is 14.6. The maximum atomic E-state index is 14.6. The van der Waals surface area contributed by atoms with Crippen LogP contribution in [-0.2, 0) is 22.6 Å². The van der Waals surface area contributed by atoms with E-state index in [1.807, 2.05) is 0 Å². The van der Waals surface area contributed by atoms with Crippen LogP contribution in [0.4, 0.5) is 22.0 Å². The van der Waals surface area contributed by atoms with Crippen molar-refractivity contribution in [3.8, 4) is 11.3 Å². The monoisotopic (exact) mass is 456 g/mol. The number of halogens is 5. The van der Waals surface area contributed by atoms with Crippen molar-refractivity contribution in [2.45, 2.75) is 30.0 Å². The lowest BCUT2D eigenvalue weighted by atomic mass is 10.1. The SMILES string of the molecule is CNC1CCc2c1cc(-c1ccc(F)cc1F)n2S(=O)(=O)c1cccc(C(F)(F)F)c1. The van der Waals surface area contributed by atoms with Crippen LogP contribution in [0.5, 0.6) is 0 Å². The Labute approximate surface area is 175 Å². The van der Waals surface area contributed by atoms with Crippen molar-refractivity contribution >= 4 is 10.0 Å². The first-order valence-corrected chi connectivity index (χ1v) is 10.8. The number of hydrogen-bond acceptors (Lipinski definition) is 3. The average Bonchev–Trinajstić information content (AvgIpc) is 3.26. The normalized spacial score (nSPS) is 16.5. The lowest BCUT2D eigenvalue weighted by Crippen LogP contribution is -2.18. The first-order valence-electron chi connectivity index (χ1n) is 9.34. The Kier molecular flexibility index (Phi) is 5.17. The molecule has 31 heavy (non-hydrogen) atoms. The Morgan fingerprint density at radius 2 is 1.81 bits per heavy atom. The minimum absolute atomic E-state index is 0.0696. The molecule has 4 rings (SSSR count). The highest BCUT2D eigenvalue weighted by Gasteiger charge is 2.36. The second-order valence-electron chi connectivity index (χ2n) is 7.23. The fourth-order valence-corrected chi connectivity index (χ4v) is 5.57. The summed E-state index contributed by atoms with van der Waals surface area (Å²) in [5, 5.41) is 3.05. The molecule has 1 aliphatic carbocycles. The van der Waals surface area contributed by atoms with Gasteiger partial charge in [-0.2, -0.15) is 13.2 Å². The van der Waals surface area contributed by atoms with E-state index in [0.29, 0.717) is 36.2 Å². The Balaban J connectivity index is 1.98. The largest absolute Gasteiger partial charge is 0.416 e. The Hall–Kier alpha value is -2.72. The van der Waals surface area contributed by atoms with E-state index in [0.717, 1.165) is 34.3 Å². The van der Waals surface area contributed by atoms with Crippen LogP contribution in [0.3, 0.4) is 0 Å². The van der Waals surface area contributed by atoms with Crippen LogP contribution in [-0.4, -0.2) is 19.4 Å². The molecular weight excluding hydrogens is 439 g/mol. The molecule has 2 aromatic carbocycles. The highest BCUT2D eigenvalue weighted by atomic mass is 32.2. The van der Waals surface area contributed by atoms with E-state index >= 15 is 0 Å². The molecule has 0 saturated heterocycles. The lowest BCUT2D eigenvalue weighted by molar-refractivity contribution is -0.137. The summed E-state index contributed by atoms with van der Waals surface area (Å²) in [6, 6.07) is 7.42. The number of nitrogens with one attached hydrogen (secondary N) is 1. The molecule has 0 saturated carbocycles. The van der Waals surface area contributed by atoms with Crippen LogP contribution < -0.4 is 5.32 Å². The number of aromatic nitrogens is 1. The predicted molar refractivity (Wildman–Crippen MR) is 104 cm³/mol. The topological polar surface area (TPSA) is 51.1 Å². The third-order valence-electron chi connectivity index (χ3n) is 5.39. The van der Waals surface area contributed by atoms with Gasteiger partial charge in [-0.25, -0.2) is 21.2 Å². The van der Waals surface area contributed by atoms with Crippen LogP contribution in [0.1, 0.15) is 29.3 Å². The molecule has 1 aromatic heterocycles. The summed E-state index contributed by atoms with van der Waals surface area (Å²) in [4.78, 5) is -0.572. The highest BCUT2D eigenvalue weighted by molar-refractivity contribution is 7.90.